The average molecular weight is 512 g/mol. The van der Waals surface area contributed by atoms with E-state index in [1.807, 2.05) is 0 Å². The van der Waals surface area contributed by atoms with Gasteiger partial charge in [0, 0.05) is 48.5 Å². The van der Waals surface area contributed by atoms with Gasteiger partial charge in [-0.05, 0) is 36.1 Å². The monoisotopic (exact) mass is 511 g/mol. The lowest BCUT2D eigenvalue weighted by Gasteiger charge is -2.17. The second kappa shape index (κ2) is 13.2. The summed E-state index contributed by atoms with van der Waals surface area (Å²) in [6, 6.07) is 17.5. The van der Waals surface area contributed by atoms with Crippen LogP contribution in [0.3, 0.4) is 0 Å². The van der Waals surface area contributed by atoms with E-state index in [-0.39, 0.29) is 0 Å². The van der Waals surface area contributed by atoms with Crippen molar-refractivity contribution in [3.8, 4) is 22.3 Å². The van der Waals surface area contributed by atoms with Gasteiger partial charge >= 0.3 is 0 Å². The Kier molecular flexibility index (Phi) is 9.98. The smallest absolute Gasteiger partial charge is 0.169 e. The Morgan fingerprint density at radius 1 is 0.472 bits per heavy atom. The third kappa shape index (κ3) is 9.07. The fourth-order valence-electron chi connectivity index (χ4n) is 3.75. The first-order valence-corrected chi connectivity index (χ1v) is 13.1. The highest BCUT2D eigenvalue weighted by Gasteiger charge is 2.08. The van der Waals surface area contributed by atoms with E-state index in [4.69, 9.17) is 18.6 Å². The van der Waals surface area contributed by atoms with E-state index in [1.54, 1.807) is 0 Å². The van der Waals surface area contributed by atoms with Crippen molar-refractivity contribution < 1.29 is 47.1 Å². The number of aromatic nitrogens is 4. The van der Waals surface area contributed by atoms with Crippen LogP contribution in [0.15, 0.2) is 98.1 Å². The van der Waals surface area contributed by atoms with Crippen molar-refractivity contribution in [2.45, 2.75) is 46.4 Å². The Bertz CT molecular complexity index is 1100. The van der Waals surface area contributed by atoms with Crippen molar-refractivity contribution in [1.82, 2.24) is 0 Å². The molecule has 0 bridgehead atoms. The molecule has 188 valence electrons. The van der Waals surface area contributed by atoms with Crippen LogP contribution in [0.5, 0.6) is 0 Å². The Labute approximate surface area is 214 Å². The highest BCUT2D eigenvalue weighted by atomic mass is 35.7. The van der Waals surface area contributed by atoms with E-state index in [0.717, 1.165) is 32.6 Å². The highest BCUT2D eigenvalue weighted by Crippen LogP contribution is 2.16. The molecule has 9 heteroatoms. The van der Waals surface area contributed by atoms with Gasteiger partial charge in [-0.25, -0.2) is 36.9 Å². The van der Waals surface area contributed by atoms with Crippen molar-refractivity contribution in [3.63, 3.8) is 0 Å². The largest absolute Gasteiger partial charge is 0.222 e. The molecule has 8 nitrogen and oxygen atoms in total. The lowest BCUT2D eigenvalue weighted by Crippen LogP contribution is -2.68. The summed E-state index contributed by atoms with van der Waals surface area (Å²) in [6.07, 6.45) is 18.4. The second-order valence-electron chi connectivity index (χ2n) is 8.22. The lowest BCUT2D eigenvalue weighted by atomic mass is 10.1. The highest BCUT2D eigenvalue weighted by molar-refractivity contribution is 5.61. The number of halogens is 1. The summed E-state index contributed by atoms with van der Waals surface area (Å²) in [5.41, 5.74) is 5.04. The third-order valence-electron chi connectivity index (χ3n) is 5.79. The van der Waals surface area contributed by atoms with Gasteiger partial charge in [-0.2, -0.15) is 0 Å². The van der Waals surface area contributed by atoms with Crippen LogP contribution in [0.2, 0.25) is 0 Å². The molecule has 0 aliphatic carbocycles. The number of rotatable bonds is 8. The summed E-state index contributed by atoms with van der Waals surface area (Å²) in [5.74, 6) is 0. The van der Waals surface area contributed by atoms with E-state index in [0.29, 0.717) is 0 Å². The SMILES string of the molecule is CC[n+]1ccc(-c2cc[n+](CCC[n+]3ccc(-c4cc[n+](CC)cc4)cc3)cc2)cc1.[O-][Cl+3]([O-])([O-])[O-]. The van der Waals surface area contributed by atoms with Crippen LogP contribution in [-0.4, -0.2) is 0 Å². The Morgan fingerprint density at radius 3 is 0.917 bits per heavy atom. The van der Waals surface area contributed by atoms with Gasteiger partial charge < -0.3 is 0 Å². The van der Waals surface area contributed by atoms with Crippen LogP contribution in [-0.2, 0) is 26.2 Å². The van der Waals surface area contributed by atoms with Crippen molar-refractivity contribution in [2.24, 2.45) is 0 Å². The minimum atomic E-state index is -4.94. The van der Waals surface area contributed by atoms with Crippen LogP contribution in [0.4, 0.5) is 0 Å². The Morgan fingerprint density at radius 2 is 0.694 bits per heavy atom. The molecule has 0 saturated heterocycles. The molecule has 0 spiro atoms. The molecule has 0 unspecified atom stereocenters. The predicted octanol–water partition coefficient (Wildman–Crippen LogP) is -1.46. The van der Waals surface area contributed by atoms with E-state index in [1.165, 1.54) is 22.3 Å². The van der Waals surface area contributed by atoms with Crippen LogP contribution < -0.4 is 36.9 Å². The molecule has 0 N–H and O–H groups in total. The van der Waals surface area contributed by atoms with E-state index in [9.17, 15) is 0 Å². The summed E-state index contributed by atoms with van der Waals surface area (Å²) < 4.78 is 42.9. The number of nitrogens with zero attached hydrogens (tertiary/aromatic N) is 4. The van der Waals surface area contributed by atoms with E-state index in [2.05, 4.69) is 130 Å². The molecular formula is C27H32ClN4O4+3. The summed E-state index contributed by atoms with van der Waals surface area (Å²) >= 11 is 0. The molecule has 0 fully saturated rings. The molecule has 0 radical (unpaired) electrons. The van der Waals surface area contributed by atoms with Gasteiger partial charge in [0.05, 0.1) is 6.42 Å². The first-order valence-electron chi connectivity index (χ1n) is 11.8. The van der Waals surface area contributed by atoms with Gasteiger partial charge in [-0.15, -0.1) is 10.2 Å². The van der Waals surface area contributed by atoms with Gasteiger partial charge in [0.15, 0.2) is 62.7 Å². The van der Waals surface area contributed by atoms with Crippen LogP contribution in [0.25, 0.3) is 22.3 Å². The Balaban J connectivity index is 0.000000658. The van der Waals surface area contributed by atoms with Gasteiger partial charge in [0.2, 0.25) is 0 Å². The average Bonchev–Trinajstić information content (AvgIpc) is 2.89. The minimum absolute atomic E-state index is 1.00. The summed E-state index contributed by atoms with van der Waals surface area (Å²) in [7, 11) is -4.94. The minimum Gasteiger partial charge on any atom is -0.222 e. The quantitative estimate of drug-likeness (QED) is 0.269. The molecule has 4 heterocycles. The molecule has 0 saturated carbocycles. The number of hydrogen-bond acceptors (Lipinski definition) is 4. The maximum absolute atomic E-state index is 8.49. The van der Waals surface area contributed by atoms with Crippen molar-refractivity contribution in [1.29, 1.82) is 0 Å². The van der Waals surface area contributed by atoms with Crippen LogP contribution in [0, 0.1) is 10.2 Å². The first kappa shape index (κ1) is 27.3. The Hall–Kier alpha value is -3.27. The van der Waals surface area contributed by atoms with Gasteiger partial charge in [-0.1, -0.05) is 0 Å². The normalized spacial score (nSPS) is 11.1. The molecule has 0 aliphatic heterocycles. The molecule has 4 aromatic rings. The van der Waals surface area contributed by atoms with Crippen molar-refractivity contribution in [3.05, 3.63) is 98.1 Å². The maximum Gasteiger partial charge on any atom is 0.169 e. The fourth-order valence-corrected chi connectivity index (χ4v) is 3.75. The standard InChI is InChI=1S/C27H32N4.ClHO4/c1-3-28-16-6-24(7-17-28)26-10-20-30(21-11-26)14-5-15-31-22-12-27(13-23-31)25-8-18-29(4-2)19-9-25;2-1(3,4)5/h6-13,16-23H,3-5,14-15H2,1-2H3;(H,2,3,4,5)/q+4;/p-1. The van der Waals surface area contributed by atoms with Gasteiger partial charge in [-0.3, -0.25) is 0 Å². The molecular weight excluding hydrogens is 480 g/mol. The second-order valence-corrected chi connectivity index (χ2v) is 8.97. The fraction of sp³-hybridized carbons (Fsp3) is 0.259. The number of pyridine rings is 4. The molecule has 0 aliphatic rings. The molecule has 0 amide bonds. The van der Waals surface area contributed by atoms with E-state index < -0.39 is 10.2 Å². The number of aryl methyl sites for hydroxylation is 4. The predicted molar refractivity (Wildman–Crippen MR) is 121 cm³/mol. The van der Waals surface area contributed by atoms with Crippen molar-refractivity contribution >= 4 is 0 Å². The van der Waals surface area contributed by atoms with Gasteiger partial charge in [0.1, 0.15) is 13.1 Å². The number of hydrogen-bond donors (Lipinski definition) is 0. The zero-order valence-corrected chi connectivity index (χ0v) is 21.3. The van der Waals surface area contributed by atoms with E-state index >= 15 is 0 Å². The van der Waals surface area contributed by atoms with Crippen LogP contribution >= 0.6 is 0 Å². The lowest BCUT2D eigenvalue weighted by molar-refractivity contribution is -2.00. The molecule has 36 heavy (non-hydrogen) atoms. The van der Waals surface area contributed by atoms with Crippen LogP contribution in [0.1, 0.15) is 20.3 Å². The third-order valence-corrected chi connectivity index (χ3v) is 5.79. The molecule has 4 rings (SSSR count). The zero-order chi connectivity index (χ0) is 26.0. The zero-order valence-electron chi connectivity index (χ0n) is 20.6. The molecule has 0 aromatic carbocycles. The maximum atomic E-state index is 8.49. The summed E-state index contributed by atoms with van der Waals surface area (Å²) in [6.45, 7) is 8.33. The molecule has 0 atom stereocenters. The van der Waals surface area contributed by atoms with Crippen molar-refractivity contribution in [2.75, 3.05) is 0 Å². The molecule has 4 aromatic heterocycles. The van der Waals surface area contributed by atoms with Gasteiger partial charge in [0.25, 0.3) is 0 Å². The summed E-state index contributed by atoms with van der Waals surface area (Å²) in [5, 5.41) is 0. The first-order chi connectivity index (χ1) is 17.2. The topological polar surface area (TPSA) is 108 Å². The summed E-state index contributed by atoms with van der Waals surface area (Å²) in [4.78, 5) is 0.